The summed E-state index contributed by atoms with van der Waals surface area (Å²) in [6.07, 6.45) is 1.53. The Kier molecular flexibility index (Phi) is 6.95. The molecule has 0 saturated carbocycles. The number of carbonyl (C=O) groups is 1. The molecule has 0 fully saturated rings. The van der Waals surface area contributed by atoms with E-state index in [-0.39, 0.29) is 11.5 Å². The van der Waals surface area contributed by atoms with Crippen LogP contribution in [0.15, 0.2) is 30.6 Å². The summed E-state index contributed by atoms with van der Waals surface area (Å²) in [5, 5.41) is 0. The minimum atomic E-state index is -0.462. The molecular formula is C16H23N3O3. The van der Waals surface area contributed by atoms with E-state index in [0.717, 1.165) is 11.3 Å². The van der Waals surface area contributed by atoms with Gasteiger partial charge in [-0.2, -0.15) is 0 Å². The van der Waals surface area contributed by atoms with Crippen molar-refractivity contribution in [3.8, 4) is 5.75 Å². The number of anilines is 1. The lowest BCUT2D eigenvalue weighted by molar-refractivity contribution is 0.0515. The Bertz CT molecular complexity index is 591. The lowest BCUT2D eigenvalue weighted by atomic mass is 10.2. The summed E-state index contributed by atoms with van der Waals surface area (Å²) in [7, 11) is 1.62. The van der Waals surface area contributed by atoms with E-state index in [2.05, 4.69) is 4.98 Å². The third kappa shape index (κ3) is 4.25. The number of nitrogen functional groups attached to an aromatic ring is 1. The first kappa shape index (κ1) is 17.6. The molecule has 22 heavy (non-hydrogen) atoms. The molecule has 1 aromatic heterocycles. The van der Waals surface area contributed by atoms with Crippen LogP contribution in [-0.4, -0.2) is 29.2 Å². The Morgan fingerprint density at radius 2 is 1.91 bits per heavy atom. The highest BCUT2D eigenvalue weighted by molar-refractivity contribution is 5.92. The number of methoxy groups -OCH3 is 1. The smallest absolute Gasteiger partial charge is 0.358 e. The van der Waals surface area contributed by atoms with Gasteiger partial charge in [0.1, 0.15) is 5.75 Å². The van der Waals surface area contributed by atoms with Crippen molar-refractivity contribution in [3.63, 3.8) is 0 Å². The quantitative estimate of drug-likeness (QED) is 0.859. The molecule has 0 atom stereocenters. The molecule has 0 spiro atoms. The average Bonchev–Trinajstić information content (AvgIpc) is 2.91. The molecule has 0 aliphatic rings. The number of imidazole rings is 1. The van der Waals surface area contributed by atoms with Crippen LogP contribution in [0, 0.1) is 0 Å². The number of carbonyl (C=O) groups excluding carboxylic acids is 1. The SMILES string of the molecule is CC.CCOC(=O)c1c(N)ncn1Cc1ccc(OC)cc1. The van der Waals surface area contributed by atoms with Crippen LogP contribution in [0.1, 0.15) is 36.8 Å². The maximum atomic E-state index is 11.9. The van der Waals surface area contributed by atoms with Gasteiger partial charge >= 0.3 is 5.97 Å². The van der Waals surface area contributed by atoms with E-state index in [9.17, 15) is 4.79 Å². The molecule has 0 bridgehead atoms. The van der Waals surface area contributed by atoms with Crippen LogP contribution in [-0.2, 0) is 11.3 Å². The van der Waals surface area contributed by atoms with Crippen molar-refractivity contribution in [3.05, 3.63) is 41.9 Å². The molecule has 2 rings (SSSR count). The molecule has 6 heteroatoms. The standard InChI is InChI=1S/C14H17N3O3.C2H6/c1-3-20-14(18)12-13(15)16-9-17(12)8-10-4-6-11(19-2)7-5-10;1-2/h4-7,9H,3,8,15H2,1-2H3;1-2H3. The minimum absolute atomic E-state index is 0.178. The highest BCUT2D eigenvalue weighted by atomic mass is 16.5. The van der Waals surface area contributed by atoms with E-state index in [1.165, 1.54) is 6.33 Å². The summed E-state index contributed by atoms with van der Waals surface area (Å²) < 4.78 is 11.8. The second kappa shape index (κ2) is 8.71. The molecule has 0 unspecified atom stereocenters. The van der Waals surface area contributed by atoms with Gasteiger partial charge in [-0.1, -0.05) is 26.0 Å². The first-order valence-corrected chi connectivity index (χ1v) is 7.26. The van der Waals surface area contributed by atoms with Crippen LogP contribution in [0.25, 0.3) is 0 Å². The number of hydrogen-bond acceptors (Lipinski definition) is 5. The molecule has 0 aliphatic carbocycles. The van der Waals surface area contributed by atoms with Crippen LogP contribution in [0.5, 0.6) is 5.75 Å². The highest BCUT2D eigenvalue weighted by Crippen LogP contribution is 2.16. The molecule has 2 aromatic rings. The van der Waals surface area contributed by atoms with Crippen LogP contribution < -0.4 is 10.5 Å². The Morgan fingerprint density at radius 3 is 2.45 bits per heavy atom. The van der Waals surface area contributed by atoms with Crippen molar-refractivity contribution in [1.82, 2.24) is 9.55 Å². The summed E-state index contributed by atoms with van der Waals surface area (Å²) in [6, 6.07) is 7.56. The average molecular weight is 305 g/mol. The number of rotatable bonds is 5. The van der Waals surface area contributed by atoms with Gasteiger partial charge in [0.15, 0.2) is 11.5 Å². The number of aromatic nitrogens is 2. The van der Waals surface area contributed by atoms with Gasteiger partial charge in [-0.25, -0.2) is 9.78 Å². The van der Waals surface area contributed by atoms with Crippen molar-refractivity contribution in [1.29, 1.82) is 0 Å². The second-order valence-electron chi connectivity index (χ2n) is 4.17. The third-order valence-corrected chi connectivity index (χ3v) is 2.85. The Hall–Kier alpha value is -2.50. The molecule has 2 N–H and O–H groups in total. The van der Waals surface area contributed by atoms with Gasteiger partial charge < -0.3 is 19.8 Å². The Morgan fingerprint density at radius 1 is 1.27 bits per heavy atom. The second-order valence-corrected chi connectivity index (χ2v) is 4.17. The van der Waals surface area contributed by atoms with E-state index < -0.39 is 5.97 Å². The van der Waals surface area contributed by atoms with Crippen LogP contribution in [0.2, 0.25) is 0 Å². The zero-order valence-corrected chi connectivity index (χ0v) is 13.5. The molecule has 6 nitrogen and oxygen atoms in total. The monoisotopic (exact) mass is 305 g/mol. The van der Waals surface area contributed by atoms with E-state index in [4.69, 9.17) is 15.2 Å². The summed E-state index contributed by atoms with van der Waals surface area (Å²) in [6.45, 7) is 6.53. The molecule has 120 valence electrons. The largest absolute Gasteiger partial charge is 0.497 e. The fourth-order valence-corrected chi connectivity index (χ4v) is 1.87. The molecule has 0 amide bonds. The maximum Gasteiger partial charge on any atom is 0.358 e. The first-order chi connectivity index (χ1) is 10.7. The van der Waals surface area contributed by atoms with Gasteiger partial charge in [0, 0.05) is 6.54 Å². The van der Waals surface area contributed by atoms with Gasteiger partial charge in [0.05, 0.1) is 20.0 Å². The molecular weight excluding hydrogens is 282 g/mol. The van der Waals surface area contributed by atoms with E-state index in [0.29, 0.717) is 13.2 Å². The van der Waals surface area contributed by atoms with Gasteiger partial charge in [0.2, 0.25) is 0 Å². The van der Waals surface area contributed by atoms with Crippen molar-refractivity contribution < 1.29 is 14.3 Å². The summed E-state index contributed by atoms with van der Waals surface area (Å²) in [5.41, 5.74) is 7.01. The van der Waals surface area contributed by atoms with Crippen molar-refractivity contribution in [2.24, 2.45) is 0 Å². The topological polar surface area (TPSA) is 79.4 Å². The lowest BCUT2D eigenvalue weighted by Crippen LogP contribution is -2.14. The van der Waals surface area contributed by atoms with Crippen molar-refractivity contribution in [2.45, 2.75) is 27.3 Å². The number of nitrogens with two attached hydrogens (primary N) is 1. The van der Waals surface area contributed by atoms with E-state index >= 15 is 0 Å². The van der Waals surface area contributed by atoms with Crippen LogP contribution >= 0.6 is 0 Å². The summed E-state index contributed by atoms with van der Waals surface area (Å²) >= 11 is 0. The fourth-order valence-electron chi connectivity index (χ4n) is 1.87. The lowest BCUT2D eigenvalue weighted by Gasteiger charge is -2.09. The zero-order valence-electron chi connectivity index (χ0n) is 13.5. The van der Waals surface area contributed by atoms with E-state index in [1.54, 1.807) is 18.6 Å². The third-order valence-electron chi connectivity index (χ3n) is 2.85. The van der Waals surface area contributed by atoms with Crippen molar-refractivity contribution in [2.75, 3.05) is 19.5 Å². The molecule has 0 saturated heterocycles. The predicted octanol–water partition coefficient (Wildman–Crippen LogP) is 2.73. The van der Waals surface area contributed by atoms with Gasteiger partial charge in [-0.15, -0.1) is 0 Å². The number of esters is 1. The van der Waals surface area contributed by atoms with E-state index in [1.807, 2.05) is 38.1 Å². The van der Waals surface area contributed by atoms with Gasteiger partial charge in [-0.05, 0) is 24.6 Å². The minimum Gasteiger partial charge on any atom is -0.497 e. The number of benzene rings is 1. The van der Waals surface area contributed by atoms with Gasteiger partial charge in [-0.3, -0.25) is 0 Å². The fraction of sp³-hybridized carbons (Fsp3) is 0.375. The highest BCUT2D eigenvalue weighted by Gasteiger charge is 2.18. The normalized spacial score (nSPS) is 9.64. The Labute approximate surface area is 130 Å². The van der Waals surface area contributed by atoms with Gasteiger partial charge in [0.25, 0.3) is 0 Å². The summed E-state index contributed by atoms with van der Waals surface area (Å²) in [5.74, 6) is 0.498. The Balaban J connectivity index is 0.00000116. The molecule has 0 radical (unpaired) electrons. The number of hydrogen-bond donors (Lipinski definition) is 1. The number of ether oxygens (including phenoxy) is 2. The van der Waals surface area contributed by atoms with Crippen molar-refractivity contribution >= 4 is 11.8 Å². The zero-order chi connectivity index (χ0) is 16.5. The maximum absolute atomic E-state index is 11.9. The molecule has 1 heterocycles. The van der Waals surface area contributed by atoms with Crippen LogP contribution in [0.4, 0.5) is 5.82 Å². The predicted molar refractivity (Wildman–Crippen MR) is 86.0 cm³/mol. The first-order valence-electron chi connectivity index (χ1n) is 7.26. The van der Waals surface area contributed by atoms with Crippen LogP contribution in [0.3, 0.4) is 0 Å². The summed E-state index contributed by atoms with van der Waals surface area (Å²) in [4.78, 5) is 15.8. The molecule has 0 aliphatic heterocycles. The number of nitrogens with zero attached hydrogens (tertiary/aromatic N) is 2. The molecule has 1 aromatic carbocycles.